The third-order valence-corrected chi connectivity index (χ3v) is 3.40. The van der Waals surface area contributed by atoms with E-state index in [9.17, 15) is 4.79 Å². The summed E-state index contributed by atoms with van der Waals surface area (Å²) in [7, 11) is 3.63. The number of nitrogens with zero attached hydrogens (tertiary/aromatic N) is 3. The Morgan fingerprint density at radius 3 is 2.57 bits per heavy atom. The van der Waals surface area contributed by atoms with Crippen molar-refractivity contribution in [1.82, 2.24) is 20.4 Å². The van der Waals surface area contributed by atoms with Gasteiger partial charge in [-0.05, 0) is 30.7 Å². The number of aromatic nitrogens is 2. The topological polar surface area (TPSA) is 71.3 Å². The van der Waals surface area contributed by atoms with Gasteiger partial charge in [-0.2, -0.15) is 4.98 Å². The molecule has 1 aromatic carbocycles. The van der Waals surface area contributed by atoms with E-state index in [0.29, 0.717) is 23.9 Å². The van der Waals surface area contributed by atoms with Gasteiger partial charge in [0.15, 0.2) is 5.82 Å². The Bertz CT molecular complexity index is 634. The average molecular weight is 316 g/mol. The highest BCUT2D eigenvalue weighted by atomic mass is 16.5. The van der Waals surface area contributed by atoms with Crippen molar-refractivity contribution in [1.29, 1.82) is 0 Å². The Balaban J connectivity index is 1.90. The van der Waals surface area contributed by atoms with E-state index in [1.807, 2.05) is 31.3 Å². The van der Waals surface area contributed by atoms with Crippen LogP contribution in [0.25, 0.3) is 0 Å². The molecule has 0 aliphatic rings. The van der Waals surface area contributed by atoms with E-state index in [4.69, 9.17) is 4.52 Å². The highest BCUT2D eigenvalue weighted by Gasteiger charge is 2.11. The number of rotatable bonds is 7. The van der Waals surface area contributed by atoms with Crippen molar-refractivity contribution in [3.8, 4) is 0 Å². The van der Waals surface area contributed by atoms with Crippen LogP contribution >= 0.6 is 0 Å². The number of hydrogen-bond acceptors (Lipinski definition) is 5. The van der Waals surface area contributed by atoms with Crippen LogP contribution in [0.15, 0.2) is 28.8 Å². The Morgan fingerprint density at radius 1 is 1.26 bits per heavy atom. The van der Waals surface area contributed by atoms with Crippen molar-refractivity contribution in [2.75, 3.05) is 14.1 Å². The molecule has 1 N–H and O–H groups in total. The highest BCUT2D eigenvalue weighted by Crippen LogP contribution is 2.10. The van der Waals surface area contributed by atoms with E-state index in [1.54, 1.807) is 7.05 Å². The molecule has 2 aromatic rings. The summed E-state index contributed by atoms with van der Waals surface area (Å²) in [5, 5.41) is 6.61. The molecule has 1 heterocycles. The van der Waals surface area contributed by atoms with Gasteiger partial charge in [0.1, 0.15) is 0 Å². The second kappa shape index (κ2) is 7.87. The molecule has 0 aliphatic heterocycles. The molecule has 0 atom stereocenters. The van der Waals surface area contributed by atoms with Crippen molar-refractivity contribution >= 4 is 5.91 Å². The van der Waals surface area contributed by atoms with Gasteiger partial charge in [0.25, 0.3) is 5.91 Å². The first-order chi connectivity index (χ1) is 11.0. The summed E-state index contributed by atoms with van der Waals surface area (Å²) in [5.74, 6) is 1.83. The van der Waals surface area contributed by atoms with Crippen LogP contribution in [-0.4, -0.2) is 35.0 Å². The molecule has 23 heavy (non-hydrogen) atoms. The smallest absolute Gasteiger partial charge is 0.251 e. The summed E-state index contributed by atoms with van der Waals surface area (Å²) in [6.45, 7) is 5.60. The lowest BCUT2D eigenvalue weighted by Gasteiger charge is -2.14. The van der Waals surface area contributed by atoms with Crippen molar-refractivity contribution in [3.05, 3.63) is 47.1 Å². The zero-order chi connectivity index (χ0) is 16.8. The van der Waals surface area contributed by atoms with Crippen LogP contribution in [0.3, 0.4) is 0 Å². The summed E-state index contributed by atoms with van der Waals surface area (Å²) in [6.07, 6.45) is 0.828. The fourth-order valence-corrected chi connectivity index (χ4v) is 2.31. The van der Waals surface area contributed by atoms with E-state index in [1.165, 1.54) is 0 Å². The predicted octanol–water partition coefficient (Wildman–Crippen LogP) is 2.26. The lowest BCUT2D eigenvalue weighted by atomic mass is 10.1. The van der Waals surface area contributed by atoms with Crippen molar-refractivity contribution in [3.63, 3.8) is 0 Å². The second-order valence-electron chi connectivity index (χ2n) is 6.15. The third kappa shape index (κ3) is 5.17. The van der Waals surface area contributed by atoms with Gasteiger partial charge in [0, 0.05) is 25.6 Å². The molecule has 0 aliphatic carbocycles. The molecule has 2 rings (SSSR count). The van der Waals surface area contributed by atoms with Gasteiger partial charge in [0.2, 0.25) is 5.89 Å². The monoisotopic (exact) mass is 316 g/mol. The van der Waals surface area contributed by atoms with Crippen LogP contribution in [0.2, 0.25) is 0 Å². The standard InChI is InChI=1S/C17H24N4O2/c1-12(2)9-15-19-16(23-20-15)11-21(4)10-13-5-7-14(8-6-13)17(22)18-3/h5-8,12H,9-11H2,1-4H3,(H,18,22). The highest BCUT2D eigenvalue weighted by molar-refractivity contribution is 5.93. The summed E-state index contributed by atoms with van der Waals surface area (Å²) < 4.78 is 5.28. The fraction of sp³-hybridized carbons (Fsp3) is 0.471. The average Bonchev–Trinajstić information content (AvgIpc) is 2.93. The normalized spacial score (nSPS) is 11.2. The minimum atomic E-state index is -0.0755. The number of carbonyl (C=O) groups is 1. The SMILES string of the molecule is CNC(=O)c1ccc(CN(C)Cc2nc(CC(C)C)no2)cc1. The minimum Gasteiger partial charge on any atom is -0.355 e. The van der Waals surface area contributed by atoms with Gasteiger partial charge in [-0.25, -0.2) is 0 Å². The third-order valence-electron chi connectivity index (χ3n) is 3.40. The molecular weight excluding hydrogens is 292 g/mol. The zero-order valence-electron chi connectivity index (χ0n) is 14.2. The van der Waals surface area contributed by atoms with Gasteiger partial charge < -0.3 is 9.84 Å². The van der Waals surface area contributed by atoms with Crippen molar-refractivity contribution in [2.45, 2.75) is 33.4 Å². The summed E-state index contributed by atoms with van der Waals surface area (Å²) in [5.41, 5.74) is 1.79. The second-order valence-corrected chi connectivity index (χ2v) is 6.15. The van der Waals surface area contributed by atoms with Crippen LogP contribution in [-0.2, 0) is 19.5 Å². The zero-order valence-corrected chi connectivity index (χ0v) is 14.2. The van der Waals surface area contributed by atoms with E-state index >= 15 is 0 Å². The molecule has 0 saturated carbocycles. The molecule has 0 radical (unpaired) electrons. The summed E-state index contributed by atoms with van der Waals surface area (Å²) in [4.78, 5) is 18.0. The van der Waals surface area contributed by atoms with Crippen LogP contribution < -0.4 is 5.32 Å². The van der Waals surface area contributed by atoms with Gasteiger partial charge in [-0.1, -0.05) is 31.1 Å². The summed E-state index contributed by atoms with van der Waals surface area (Å²) in [6, 6.07) is 7.57. The van der Waals surface area contributed by atoms with E-state index in [2.05, 4.69) is 34.2 Å². The first-order valence-electron chi connectivity index (χ1n) is 7.79. The van der Waals surface area contributed by atoms with Crippen molar-refractivity contribution < 1.29 is 9.32 Å². The molecule has 0 saturated heterocycles. The lowest BCUT2D eigenvalue weighted by molar-refractivity contribution is 0.0963. The molecule has 124 valence electrons. The molecular formula is C17H24N4O2. The molecule has 0 fully saturated rings. The maximum absolute atomic E-state index is 11.5. The molecule has 0 spiro atoms. The van der Waals surface area contributed by atoms with E-state index < -0.39 is 0 Å². The maximum Gasteiger partial charge on any atom is 0.251 e. The Hall–Kier alpha value is -2.21. The van der Waals surface area contributed by atoms with Gasteiger partial charge in [-0.15, -0.1) is 0 Å². The first-order valence-corrected chi connectivity index (χ1v) is 7.79. The predicted molar refractivity (Wildman–Crippen MR) is 87.8 cm³/mol. The van der Waals surface area contributed by atoms with Crippen molar-refractivity contribution in [2.24, 2.45) is 5.92 Å². The van der Waals surface area contributed by atoms with Gasteiger partial charge in [-0.3, -0.25) is 9.69 Å². The number of nitrogens with one attached hydrogen (secondary N) is 1. The van der Waals surface area contributed by atoms with Crippen LogP contribution in [0.1, 0.15) is 41.5 Å². The molecule has 0 unspecified atom stereocenters. The maximum atomic E-state index is 11.5. The Labute approximate surface area is 136 Å². The largest absolute Gasteiger partial charge is 0.355 e. The molecule has 6 nitrogen and oxygen atoms in total. The minimum absolute atomic E-state index is 0.0755. The van der Waals surface area contributed by atoms with E-state index in [-0.39, 0.29) is 5.91 Å². The Morgan fingerprint density at radius 2 is 1.96 bits per heavy atom. The van der Waals surface area contributed by atoms with Gasteiger partial charge >= 0.3 is 0 Å². The fourth-order valence-electron chi connectivity index (χ4n) is 2.31. The summed E-state index contributed by atoms with van der Waals surface area (Å²) >= 11 is 0. The molecule has 0 bridgehead atoms. The molecule has 6 heteroatoms. The number of benzene rings is 1. The van der Waals surface area contributed by atoms with E-state index in [0.717, 1.165) is 24.4 Å². The number of amides is 1. The van der Waals surface area contributed by atoms with Gasteiger partial charge in [0.05, 0.1) is 6.54 Å². The quantitative estimate of drug-likeness (QED) is 0.848. The Kier molecular flexibility index (Phi) is 5.87. The number of carbonyl (C=O) groups excluding carboxylic acids is 1. The number of hydrogen-bond donors (Lipinski definition) is 1. The first kappa shape index (κ1) is 17.1. The van der Waals surface area contributed by atoms with Crippen LogP contribution in [0.4, 0.5) is 0 Å². The lowest BCUT2D eigenvalue weighted by Crippen LogP contribution is -2.19. The molecule has 1 aromatic heterocycles. The van der Waals surface area contributed by atoms with Crippen LogP contribution in [0, 0.1) is 5.92 Å². The molecule has 1 amide bonds. The van der Waals surface area contributed by atoms with Crippen LogP contribution in [0.5, 0.6) is 0 Å².